The molecule has 1 fully saturated rings. The fraction of sp³-hybridized carbons (Fsp3) is 0.500. The third-order valence-corrected chi connectivity index (χ3v) is 4.15. The number of amides is 2. The number of nitrogens with one attached hydrogen (secondary N) is 1. The standard InChI is InChI=1S/C16H21N3O5/c1-10-6-13(19(22)23)4-5-14(10)17-16(21)12-7-15(20)18(8-12)11(2)9-24-3/h4-6,11-12H,7-9H2,1-3H3,(H,17,21)/t11-,12+/m1/s1. The van der Waals surface area contributed by atoms with E-state index in [-0.39, 0.29) is 30.0 Å². The van der Waals surface area contributed by atoms with Crippen LogP contribution >= 0.6 is 0 Å². The van der Waals surface area contributed by atoms with Gasteiger partial charge in [0, 0.05) is 37.9 Å². The molecule has 1 aromatic rings. The van der Waals surface area contributed by atoms with Crippen molar-refractivity contribution in [3.05, 3.63) is 33.9 Å². The Balaban J connectivity index is 2.03. The number of hydrogen-bond donors (Lipinski definition) is 1. The summed E-state index contributed by atoms with van der Waals surface area (Å²) in [5.74, 6) is -0.765. The molecule has 1 aliphatic heterocycles. The predicted molar refractivity (Wildman–Crippen MR) is 87.6 cm³/mol. The van der Waals surface area contributed by atoms with Crippen molar-refractivity contribution < 1.29 is 19.2 Å². The number of anilines is 1. The first kappa shape index (κ1) is 17.9. The molecule has 0 aromatic heterocycles. The molecule has 24 heavy (non-hydrogen) atoms. The summed E-state index contributed by atoms with van der Waals surface area (Å²) in [5.41, 5.74) is 1.09. The fourth-order valence-corrected chi connectivity index (χ4v) is 2.80. The van der Waals surface area contributed by atoms with Crippen LogP contribution in [0.4, 0.5) is 11.4 Å². The van der Waals surface area contributed by atoms with Crippen LogP contribution in [-0.2, 0) is 14.3 Å². The molecule has 130 valence electrons. The molecule has 1 aromatic carbocycles. The Morgan fingerprint density at radius 1 is 1.54 bits per heavy atom. The highest BCUT2D eigenvalue weighted by Gasteiger charge is 2.36. The van der Waals surface area contributed by atoms with Gasteiger partial charge in [-0.2, -0.15) is 0 Å². The summed E-state index contributed by atoms with van der Waals surface area (Å²) in [7, 11) is 1.57. The first-order chi connectivity index (χ1) is 11.3. The molecule has 8 nitrogen and oxygen atoms in total. The van der Waals surface area contributed by atoms with Crippen LogP contribution in [0, 0.1) is 23.0 Å². The van der Waals surface area contributed by atoms with E-state index in [0.29, 0.717) is 24.4 Å². The number of carbonyl (C=O) groups excluding carboxylic acids is 2. The van der Waals surface area contributed by atoms with E-state index in [4.69, 9.17) is 4.74 Å². The second-order valence-corrected chi connectivity index (χ2v) is 6.00. The van der Waals surface area contributed by atoms with E-state index in [1.165, 1.54) is 18.2 Å². The quantitative estimate of drug-likeness (QED) is 0.630. The number of hydrogen-bond acceptors (Lipinski definition) is 5. The summed E-state index contributed by atoms with van der Waals surface area (Å²) >= 11 is 0. The molecule has 0 saturated carbocycles. The number of benzene rings is 1. The van der Waals surface area contributed by atoms with Crippen LogP contribution < -0.4 is 5.32 Å². The van der Waals surface area contributed by atoms with Crippen LogP contribution in [-0.4, -0.2) is 47.9 Å². The molecular weight excluding hydrogens is 314 g/mol. The van der Waals surface area contributed by atoms with E-state index in [1.54, 1.807) is 18.9 Å². The van der Waals surface area contributed by atoms with Gasteiger partial charge >= 0.3 is 0 Å². The molecule has 0 aliphatic carbocycles. The van der Waals surface area contributed by atoms with E-state index in [2.05, 4.69) is 5.32 Å². The molecule has 2 rings (SSSR count). The van der Waals surface area contributed by atoms with Gasteiger partial charge < -0.3 is 15.0 Å². The topological polar surface area (TPSA) is 102 Å². The van der Waals surface area contributed by atoms with Gasteiger partial charge in [-0.3, -0.25) is 19.7 Å². The number of rotatable bonds is 6. The fourth-order valence-electron chi connectivity index (χ4n) is 2.80. The molecule has 8 heteroatoms. The van der Waals surface area contributed by atoms with Gasteiger partial charge in [-0.1, -0.05) is 0 Å². The lowest BCUT2D eigenvalue weighted by molar-refractivity contribution is -0.384. The largest absolute Gasteiger partial charge is 0.383 e. The van der Waals surface area contributed by atoms with Crippen molar-refractivity contribution in [3.63, 3.8) is 0 Å². The number of methoxy groups -OCH3 is 1. The lowest BCUT2D eigenvalue weighted by Gasteiger charge is -2.24. The number of carbonyl (C=O) groups is 2. The molecule has 0 unspecified atom stereocenters. The average molecular weight is 335 g/mol. The highest BCUT2D eigenvalue weighted by Crippen LogP contribution is 2.25. The monoisotopic (exact) mass is 335 g/mol. The number of ether oxygens (including phenoxy) is 1. The van der Waals surface area contributed by atoms with Crippen molar-refractivity contribution in [1.29, 1.82) is 0 Å². The third-order valence-electron chi connectivity index (χ3n) is 4.15. The van der Waals surface area contributed by atoms with Crippen molar-refractivity contribution in [3.8, 4) is 0 Å². The van der Waals surface area contributed by atoms with Gasteiger partial charge in [0.25, 0.3) is 5.69 Å². The summed E-state index contributed by atoms with van der Waals surface area (Å²) < 4.78 is 5.05. The van der Waals surface area contributed by atoms with E-state index >= 15 is 0 Å². The lowest BCUT2D eigenvalue weighted by Crippen LogP contribution is -2.38. The summed E-state index contributed by atoms with van der Waals surface area (Å²) in [6.07, 6.45) is 0.159. The Morgan fingerprint density at radius 3 is 2.83 bits per heavy atom. The van der Waals surface area contributed by atoms with Crippen molar-refractivity contribution >= 4 is 23.2 Å². The minimum Gasteiger partial charge on any atom is -0.383 e. The number of nitro groups is 1. The van der Waals surface area contributed by atoms with E-state index in [0.717, 1.165) is 0 Å². The van der Waals surface area contributed by atoms with Crippen LogP contribution in [0.5, 0.6) is 0 Å². The SMILES string of the molecule is COC[C@@H](C)N1C[C@@H](C(=O)Nc2ccc([N+](=O)[O-])cc2C)CC1=O. The molecule has 0 radical (unpaired) electrons. The van der Waals surface area contributed by atoms with Crippen LogP contribution in [0.25, 0.3) is 0 Å². The third kappa shape index (κ3) is 3.88. The minimum atomic E-state index is -0.483. The van der Waals surface area contributed by atoms with Crippen molar-refractivity contribution in [2.24, 2.45) is 5.92 Å². The van der Waals surface area contributed by atoms with Crippen LogP contribution in [0.2, 0.25) is 0 Å². The molecule has 1 heterocycles. The predicted octanol–water partition coefficient (Wildman–Crippen LogP) is 1.73. The minimum absolute atomic E-state index is 0.0268. The summed E-state index contributed by atoms with van der Waals surface area (Å²) in [6, 6.07) is 4.17. The Hall–Kier alpha value is -2.48. The smallest absolute Gasteiger partial charge is 0.269 e. The molecule has 0 spiro atoms. The normalized spacial score (nSPS) is 18.5. The maximum absolute atomic E-state index is 12.4. The number of nitro benzene ring substituents is 1. The van der Waals surface area contributed by atoms with Gasteiger partial charge in [0.15, 0.2) is 0 Å². The number of nitrogens with zero attached hydrogens (tertiary/aromatic N) is 2. The van der Waals surface area contributed by atoms with Crippen molar-refractivity contribution in [2.45, 2.75) is 26.3 Å². The first-order valence-electron chi connectivity index (χ1n) is 7.67. The first-order valence-corrected chi connectivity index (χ1v) is 7.67. The molecule has 0 bridgehead atoms. The van der Waals surface area contributed by atoms with Gasteiger partial charge in [-0.05, 0) is 25.5 Å². The van der Waals surface area contributed by atoms with Crippen LogP contribution in [0.1, 0.15) is 18.9 Å². The van der Waals surface area contributed by atoms with Crippen molar-refractivity contribution in [2.75, 3.05) is 25.6 Å². The maximum atomic E-state index is 12.4. The highest BCUT2D eigenvalue weighted by atomic mass is 16.6. The zero-order valence-electron chi connectivity index (χ0n) is 13.9. The van der Waals surface area contributed by atoms with Crippen molar-refractivity contribution in [1.82, 2.24) is 4.90 Å². The highest BCUT2D eigenvalue weighted by molar-refractivity contribution is 5.97. The number of aryl methyl sites for hydroxylation is 1. The van der Waals surface area contributed by atoms with Crippen LogP contribution in [0.3, 0.4) is 0 Å². The maximum Gasteiger partial charge on any atom is 0.269 e. The number of non-ortho nitro benzene ring substituents is 1. The van der Waals surface area contributed by atoms with E-state index < -0.39 is 10.8 Å². The summed E-state index contributed by atoms with van der Waals surface area (Å²) in [6.45, 7) is 4.33. The van der Waals surface area contributed by atoms with Crippen LogP contribution in [0.15, 0.2) is 18.2 Å². The Labute approximate surface area is 139 Å². The van der Waals surface area contributed by atoms with Gasteiger partial charge in [0.2, 0.25) is 11.8 Å². The van der Waals surface area contributed by atoms with E-state index in [1.807, 2.05) is 6.92 Å². The molecule has 1 saturated heterocycles. The zero-order chi connectivity index (χ0) is 17.9. The van der Waals surface area contributed by atoms with E-state index in [9.17, 15) is 19.7 Å². The summed E-state index contributed by atoms with van der Waals surface area (Å²) in [5, 5.41) is 13.5. The average Bonchev–Trinajstić information content (AvgIpc) is 2.91. The molecule has 2 amide bonds. The van der Waals surface area contributed by atoms with Gasteiger partial charge in [0.05, 0.1) is 23.5 Å². The molecule has 2 atom stereocenters. The second-order valence-electron chi connectivity index (χ2n) is 6.00. The Bertz CT molecular complexity index is 661. The molecular formula is C16H21N3O5. The molecule has 1 aliphatic rings. The zero-order valence-corrected chi connectivity index (χ0v) is 13.9. The Kier molecular flexibility index (Phi) is 5.50. The Morgan fingerprint density at radius 2 is 2.25 bits per heavy atom. The molecule has 1 N–H and O–H groups in total. The van der Waals surface area contributed by atoms with Gasteiger partial charge in [-0.15, -0.1) is 0 Å². The van der Waals surface area contributed by atoms with Gasteiger partial charge in [0.1, 0.15) is 0 Å². The summed E-state index contributed by atoms with van der Waals surface area (Å²) in [4.78, 5) is 36.4. The second kappa shape index (κ2) is 7.39. The van der Waals surface area contributed by atoms with Gasteiger partial charge in [-0.25, -0.2) is 0 Å². The lowest BCUT2D eigenvalue weighted by atomic mass is 10.1. The number of likely N-dealkylation sites (tertiary alicyclic amines) is 1.